The van der Waals surface area contributed by atoms with Crippen LogP contribution in [0.15, 0.2) is 24.3 Å². The summed E-state index contributed by atoms with van der Waals surface area (Å²) >= 11 is 0. The Morgan fingerprint density at radius 1 is 0.929 bits per heavy atom. The van der Waals surface area contributed by atoms with E-state index in [0.29, 0.717) is 17.3 Å². The Kier molecular flexibility index (Phi) is 9.20. The summed E-state index contributed by atoms with van der Waals surface area (Å²) in [5, 5.41) is 12.3. The first-order valence-electron chi connectivity index (χ1n) is 10.8. The third-order valence-corrected chi connectivity index (χ3v) is 5.29. The lowest BCUT2D eigenvalue weighted by atomic mass is 9.76. The zero-order valence-electron chi connectivity index (χ0n) is 19.4. The van der Waals surface area contributed by atoms with Gasteiger partial charge in [0.15, 0.2) is 0 Å². The van der Waals surface area contributed by atoms with E-state index in [1.165, 1.54) is 6.42 Å². The molecule has 0 aliphatic rings. The fraction of sp³-hybridized carbons (Fsp3) is 0.720. The Bertz CT molecular complexity index is 592. The van der Waals surface area contributed by atoms with Crippen molar-refractivity contribution in [3.8, 4) is 0 Å². The number of hydrogen-bond acceptors (Lipinski definition) is 2. The molecule has 0 aliphatic carbocycles. The summed E-state index contributed by atoms with van der Waals surface area (Å²) in [6.45, 7) is 18.1. The maximum atomic E-state index is 13.1. The van der Waals surface area contributed by atoms with Crippen molar-refractivity contribution in [3.05, 3.63) is 29.8 Å². The van der Waals surface area contributed by atoms with Gasteiger partial charge in [0.2, 0.25) is 5.91 Å². The molecule has 1 aromatic rings. The summed E-state index contributed by atoms with van der Waals surface area (Å²) in [6.07, 6.45) is 4.21. The number of anilines is 1. The molecule has 0 bridgehead atoms. The van der Waals surface area contributed by atoms with Gasteiger partial charge in [0.1, 0.15) is 0 Å². The summed E-state index contributed by atoms with van der Waals surface area (Å²) in [5.41, 5.74) is 2.19. The number of aliphatic hydroxyl groups is 1. The van der Waals surface area contributed by atoms with Crippen LogP contribution in [0.2, 0.25) is 0 Å². The van der Waals surface area contributed by atoms with Crippen molar-refractivity contribution in [2.45, 2.75) is 87.7 Å². The molecule has 3 heteroatoms. The summed E-state index contributed by atoms with van der Waals surface area (Å²) in [6, 6.07) is 7.46. The molecule has 28 heavy (non-hydrogen) atoms. The van der Waals surface area contributed by atoms with Crippen LogP contribution in [-0.2, 0) is 11.4 Å². The molecular weight excluding hydrogens is 346 g/mol. The molecule has 0 radical (unpaired) electrons. The van der Waals surface area contributed by atoms with Crippen LogP contribution in [-0.4, -0.2) is 11.0 Å². The van der Waals surface area contributed by atoms with Gasteiger partial charge in [0, 0.05) is 11.6 Å². The third-order valence-electron chi connectivity index (χ3n) is 5.29. The van der Waals surface area contributed by atoms with Gasteiger partial charge in [-0.1, -0.05) is 67.5 Å². The molecule has 1 aromatic carbocycles. The second-order valence-electron chi connectivity index (χ2n) is 11.1. The highest BCUT2D eigenvalue weighted by Gasteiger charge is 2.29. The van der Waals surface area contributed by atoms with E-state index in [1.807, 2.05) is 24.3 Å². The molecule has 3 nitrogen and oxygen atoms in total. The second-order valence-corrected chi connectivity index (χ2v) is 11.1. The predicted molar refractivity (Wildman–Crippen MR) is 120 cm³/mol. The van der Waals surface area contributed by atoms with E-state index < -0.39 is 0 Å². The number of carbonyl (C=O) groups excluding carboxylic acids is 1. The van der Waals surface area contributed by atoms with Crippen LogP contribution < -0.4 is 5.32 Å². The van der Waals surface area contributed by atoms with E-state index >= 15 is 0 Å². The Morgan fingerprint density at radius 3 is 1.93 bits per heavy atom. The van der Waals surface area contributed by atoms with Crippen LogP contribution in [0, 0.1) is 28.6 Å². The van der Waals surface area contributed by atoms with Crippen molar-refractivity contribution in [1.82, 2.24) is 0 Å². The predicted octanol–water partition coefficient (Wildman–Crippen LogP) is 6.66. The summed E-state index contributed by atoms with van der Waals surface area (Å²) in [7, 11) is 0. The second kappa shape index (κ2) is 10.4. The monoisotopic (exact) mass is 389 g/mol. The van der Waals surface area contributed by atoms with Crippen molar-refractivity contribution in [3.63, 3.8) is 0 Å². The molecule has 3 atom stereocenters. The number of rotatable bonds is 9. The van der Waals surface area contributed by atoms with E-state index in [-0.39, 0.29) is 23.8 Å². The lowest BCUT2D eigenvalue weighted by molar-refractivity contribution is -0.122. The Balaban J connectivity index is 2.84. The SMILES string of the molecule is CC(CCC(C(=O)Nc1ccc(CO)cc1)C(C)CC(C)(C)C)CC(C)(C)C. The summed E-state index contributed by atoms with van der Waals surface area (Å²) in [5.74, 6) is 1.08. The molecule has 0 spiro atoms. The molecule has 0 aliphatic heterocycles. The van der Waals surface area contributed by atoms with E-state index in [2.05, 4.69) is 60.7 Å². The number of hydrogen-bond donors (Lipinski definition) is 2. The van der Waals surface area contributed by atoms with Crippen LogP contribution in [0.5, 0.6) is 0 Å². The first kappa shape index (κ1) is 24.7. The van der Waals surface area contributed by atoms with E-state index in [0.717, 1.165) is 30.5 Å². The molecule has 160 valence electrons. The molecular formula is C25H43NO2. The number of amides is 1. The summed E-state index contributed by atoms with van der Waals surface area (Å²) < 4.78 is 0. The van der Waals surface area contributed by atoms with E-state index in [4.69, 9.17) is 0 Å². The smallest absolute Gasteiger partial charge is 0.227 e. The molecule has 0 fully saturated rings. The van der Waals surface area contributed by atoms with E-state index in [9.17, 15) is 9.90 Å². The Labute approximate surface area is 173 Å². The van der Waals surface area contributed by atoms with Gasteiger partial charge in [-0.05, 0) is 66.0 Å². The first-order valence-corrected chi connectivity index (χ1v) is 10.8. The first-order chi connectivity index (χ1) is 12.8. The number of nitrogens with one attached hydrogen (secondary N) is 1. The normalized spacial score (nSPS) is 15.8. The largest absolute Gasteiger partial charge is 0.392 e. The molecule has 0 aromatic heterocycles. The van der Waals surface area contributed by atoms with Crippen molar-refractivity contribution < 1.29 is 9.90 Å². The molecule has 1 amide bonds. The van der Waals surface area contributed by atoms with Crippen LogP contribution in [0.1, 0.15) is 86.6 Å². The van der Waals surface area contributed by atoms with Crippen LogP contribution >= 0.6 is 0 Å². The molecule has 2 N–H and O–H groups in total. The molecule has 3 unspecified atom stereocenters. The lowest BCUT2D eigenvalue weighted by Crippen LogP contribution is -2.31. The van der Waals surface area contributed by atoms with Crippen molar-refractivity contribution in [1.29, 1.82) is 0 Å². The van der Waals surface area contributed by atoms with Gasteiger partial charge in [-0.15, -0.1) is 0 Å². The minimum absolute atomic E-state index is 0.0131. The zero-order valence-corrected chi connectivity index (χ0v) is 19.4. The Hall–Kier alpha value is -1.35. The van der Waals surface area contributed by atoms with Gasteiger partial charge in [0.25, 0.3) is 0 Å². The average Bonchev–Trinajstić information content (AvgIpc) is 2.52. The van der Waals surface area contributed by atoms with Crippen LogP contribution in [0.4, 0.5) is 5.69 Å². The fourth-order valence-corrected chi connectivity index (χ4v) is 4.32. The third kappa shape index (κ3) is 9.73. The van der Waals surface area contributed by atoms with Crippen molar-refractivity contribution in [2.75, 3.05) is 5.32 Å². The minimum atomic E-state index is 0.0131. The summed E-state index contributed by atoms with van der Waals surface area (Å²) in [4.78, 5) is 13.1. The minimum Gasteiger partial charge on any atom is -0.392 e. The highest BCUT2D eigenvalue weighted by atomic mass is 16.3. The highest BCUT2D eigenvalue weighted by Crippen LogP contribution is 2.34. The zero-order chi connectivity index (χ0) is 21.5. The number of benzene rings is 1. The Morgan fingerprint density at radius 2 is 1.46 bits per heavy atom. The fourth-order valence-electron chi connectivity index (χ4n) is 4.32. The van der Waals surface area contributed by atoms with Gasteiger partial charge in [-0.25, -0.2) is 0 Å². The van der Waals surface area contributed by atoms with Gasteiger partial charge < -0.3 is 10.4 Å². The van der Waals surface area contributed by atoms with Crippen LogP contribution in [0.25, 0.3) is 0 Å². The maximum Gasteiger partial charge on any atom is 0.227 e. The van der Waals surface area contributed by atoms with Gasteiger partial charge in [-0.2, -0.15) is 0 Å². The van der Waals surface area contributed by atoms with Gasteiger partial charge in [-0.3, -0.25) is 4.79 Å². The average molecular weight is 390 g/mol. The number of aliphatic hydroxyl groups excluding tert-OH is 1. The van der Waals surface area contributed by atoms with Gasteiger partial charge in [0.05, 0.1) is 6.61 Å². The van der Waals surface area contributed by atoms with E-state index in [1.54, 1.807) is 0 Å². The highest BCUT2D eigenvalue weighted by molar-refractivity contribution is 5.92. The van der Waals surface area contributed by atoms with Gasteiger partial charge >= 0.3 is 0 Å². The quantitative estimate of drug-likeness (QED) is 0.496. The van der Waals surface area contributed by atoms with Crippen LogP contribution in [0.3, 0.4) is 0 Å². The molecule has 0 saturated heterocycles. The maximum absolute atomic E-state index is 13.1. The van der Waals surface area contributed by atoms with Crippen molar-refractivity contribution in [2.24, 2.45) is 28.6 Å². The van der Waals surface area contributed by atoms with Crippen molar-refractivity contribution >= 4 is 11.6 Å². The molecule has 0 heterocycles. The standard InChI is InChI=1S/C25H43NO2/c1-18(15-24(3,4)5)9-14-22(19(2)16-25(6,7)8)23(28)26-21-12-10-20(17-27)11-13-21/h10-13,18-19,22,27H,9,14-17H2,1-8H3,(H,26,28). The molecule has 1 rings (SSSR count). The topological polar surface area (TPSA) is 49.3 Å². The number of carbonyl (C=O) groups is 1. The molecule has 0 saturated carbocycles. The lowest BCUT2D eigenvalue weighted by Gasteiger charge is -2.30.